The Morgan fingerprint density at radius 3 is 2.61 bits per heavy atom. The maximum atomic E-state index is 11.9. The highest BCUT2D eigenvalue weighted by Gasteiger charge is 2.15. The first-order chi connectivity index (χ1) is 13.6. The maximum absolute atomic E-state index is 11.9. The Labute approximate surface area is 171 Å². The van der Waals surface area contributed by atoms with Gasteiger partial charge in [0.1, 0.15) is 17.4 Å². The molecule has 0 amide bonds. The average Bonchev–Trinajstić information content (AvgIpc) is 3.19. The number of nitrogens with zero attached hydrogens (tertiary/aromatic N) is 1. The number of ether oxygens (including phenoxy) is 4. The molecular formula is C20H18ClNO5S. The Morgan fingerprint density at radius 1 is 1.07 bits per heavy atom. The van der Waals surface area contributed by atoms with Crippen molar-refractivity contribution in [3.63, 3.8) is 0 Å². The van der Waals surface area contributed by atoms with Crippen LogP contribution in [-0.4, -0.2) is 31.8 Å². The minimum absolute atomic E-state index is 0.0491. The molecule has 0 saturated heterocycles. The highest BCUT2D eigenvalue weighted by atomic mass is 35.5. The first-order valence-electron chi connectivity index (χ1n) is 8.31. The van der Waals surface area contributed by atoms with Crippen LogP contribution in [0.3, 0.4) is 0 Å². The van der Waals surface area contributed by atoms with Crippen molar-refractivity contribution in [2.45, 2.75) is 6.61 Å². The number of carbonyl (C=O) groups excluding carboxylic acids is 1. The van der Waals surface area contributed by atoms with E-state index in [1.165, 1.54) is 11.3 Å². The summed E-state index contributed by atoms with van der Waals surface area (Å²) in [6.45, 7) is -0.183. The Kier molecular flexibility index (Phi) is 6.73. The lowest BCUT2D eigenvalue weighted by atomic mass is 10.2. The number of thiazole rings is 1. The van der Waals surface area contributed by atoms with Crippen molar-refractivity contribution in [3.05, 3.63) is 58.6 Å². The quantitative estimate of drug-likeness (QED) is 0.497. The van der Waals surface area contributed by atoms with Crippen LogP contribution in [-0.2, 0) is 16.1 Å². The van der Waals surface area contributed by atoms with Crippen molar-refractivity contribution in [1.29, 1.82) is 0 Å². The summed E-state index contributed by atoms with van der Waals surface area (Å²) in [6.07, 6.45) is 0. The molecular weight excluding hydrogens is 402 g/mol. The molecule has 2 aromatic carbocycles. The molecule has 146 valence electrons. The summed E-state index contributed by atoms with van der Waals surface area (Å²) >= 11 is 7.41. The number of benzene rings is 2. The third kappa shape index (κ3) is 4.74. The van der Waals surface area contributed by atoms with Crippen molar-refractivity contribution in [3.8, 4) is 27.8 Å². The number of rotatable bonds is 8. The van der Waals surface area contributed by atoms with Gasteiger partial charge in [-0.2, -0.15) is 0 Å². The Hall–Kier alpha value is -2.77. The van der Waals surface area contributed by atoms with Gasteiger partial charge in [-0.25, -0.2) is 9.78 Å². The van der Waals surface area contributed by atoms with Crippen molar-refractivity contribution in [2.24, 2.45) is 0 Å². The van der Waals surface area contributed by atoms with Crippen LogP contribution in [0.1, 0.15) is 5.69 Å². The molecule has 0 saturated carbocycles. The van der Waals surface area contributed by atoms with E-state index in [1.807, 2.05) is 23.6 Å². The van der Waals surface area contributed by atoms with Gasteiger partial charge in [0.25, 0.3) is 0 Å². The third-order valence-electron chi connectivity index (χ3n) is 3.75. The number of methoxy groups -OCH3 is 2. The van der Waals surface area contributed by atoms with Crippen LogP contribution in [0.15, 0.2) is 47.8 Å². The fourth-order valence-electron chi connectivity index (χ4n) is 2.45. The normalized spacial score (nSPS) is 10.4. The number of hydrogen-bond acceptors (Lipinski definition) is 7. The summed E-state index contributed by atoms with van der Waals surface area (Å²) in [6, 6.07) is 12.5. The van der Waals surface area contributed by atoms with Gasteiger partial charge in [0.15, 0.2) is 18.1 Å². The molecule has 0 aliphatic carbocycles. The number of aromatic nitrogens is 1. The van der Waals surface area contributed by atoms with E-state index < -0.39 is 5.97 Å². The molecule has 0 unspecified atom stereocenters. The standard InChI is InChI=1S/C20H18ClNO5S/c1-24-17-9-5-6-14(19(17)25-2)20-22-13(12-28-20)10-27-18(23)11-26-16-8-4-3-7-15(16)21/h3-9,12H,10-11H2,1-2H3. The summed E-state index contributed by atoms with van der Waals surface area (Å²) < 4.78 is 21.3. The van der Waals surface area contributed by atoms with Gasteiger partial charge in [-0.05, 0) is 24.3 Å². The molecule has 8 heteroatoms. The van der Waals surface area contributed by atoms with Gasteiger partial charge in [0.05, 0.1) is 30.5 Å². The van der Waals surface area contributed by atoms with E-state index in [0.29, 0.717) is 28.0 Å². The van der Waals surface area contributed by atoms with Crippen LogP contribution in [0.5, 0.6) is 17.2 Å². The van der Waals surface area contributed by atoms with Gasteiger partial charge in [-0.15, -0.1) is 11.3 Å². The lowest BCUT2D eigenvalue weighted by molar-refractivity contribution is -0.147. The molecule has 6 nitrogen and oxygen atoms in total. The van der Waals surface area contributed by atoms with E-state index in [1.54, 1.807) is 38.5 Å². The molecule has 3 aromatic rings. The number of halogens is 1. The van der Waals surface area contributed by atoms with Crippen molar-refractivity contribution in [2.75, 3.05) is 20.8 Å². The van der Waals surface area contributed by atoms with Gasteiger partial charge in [-0.1, -0.05) is 29.8 Å². The molecule has 0 bridgehead atoms. The number of hydrogen-bond donors (Lipinski definition) is 0. The summed E-state index contributed by atoms with van der Waals surface area (Å²) in [5, 5.41) is 3.01. The van der Waals surface area contributed by atoms with Crippen LogP contribution < -0.4 is 14.2 Å². The fourth-order valence-corrected chi connectivity index (χ4v) is 3.46. The lowest BCUT2D eigenvalue weighted by Crippen LogP contribution is -2.15. The second-order valence-corrected chi connectivity index (χ2v) is 6.83. The van der Waals surface area contributed by atoms with Crippen LogP contribution in [0, 0.1) is 0 Å². The van der Waals surface area contributed by atoms with Crippen molar-refractivity contribution < 1.29 is 23.7 Å². The van der Waals surface area contributed by atoms with Crippen LogP contribution in [0.25, 0.3) is 10.6 Å². The molecule has 0 aliphatic heterocycles. The molecule has 0 fully saturated rings. The van der Waals surface area contributed by atoms with E-state index in [4.69, 9.17) is 30.5 Å². The number of carbonyl (C=O) groups is 1. The minimum Gasteiger partial charge on any atom is -0.493 e. The molecule has 0 N–H and O–H groups in total. The molecule has 1 aromatic heterocycles. The van der Waals surface area contributed by atoms with Gasteiger partial charge in [0, 0.05) is 5.38 Å². The van der Waals surface area contributed by atoms with Gasteiger partial charge in [-0.3, -0.25) is 0 Å². The minimum atomic E-state index is -0.506. The fraction of sp³-hybridized carbons (Fsp3) is 0.200. The summed E-state index contributed by atoms with van der Waals surface area (Å²) in [7, 11) is 3.16. The van der Waals surface area contributed by atoms with Crippen LogP contribution >= 0.6 is 22.9 Å². The maximum Gasteiger partial charge on any atom is 0.344 e. The van der Waals surface area contributed by atoms with Crippen LogP contribution in [0.4, 0.5) is 0 Å². The lowest BCUT2D eigenvalue weighted by Gasteiger charge is -2.10. The summed E-state index contributed by atoms with van der Waals surface area (Å²) in [4.78, 5) is 16.4. The zero-order valence-corrected chi connectivity index (χ0v) is 16.9. The van der Waals surface area contributed by atoms with Gasteiger partial charge < -0.3 is 18.9 Å². The number of para-hydroxylation sites is 2. The van der Waals surface area contributed by atoms with Gasteiger partial charge >= 0.3 is 5.97 Å². The Bertz CT molecular complexity index is 959. The number of esters is 1. The zero-order valence-electron chi connectivity index (χ0n) is 15.3. The van der Waals surface area contributed by atoms with E-state index in [-0.39, 0.29) is 13.2 Å². The Balaban J connectivity index is 1.59. The molecule has 1 heterocycles. The van der Waals surface area contributed by atoms with E-state index >= 15 is 0 Å². The molecule has 0 spiro atoms. The van der Waals surface area contributed by atoms with Crippen molar-refractivity contribution in [1.82, 2.24) is 4.98 Å². The Morgan fingerprint density at radius 2 is 1.86 bits per heavy atom. The molecule has 0 radical (unpaired) electrons. The first kappa shape index (κ1) is 20.0. The highest BCUT2D eigenvalue weighted by molar-refractivity contribution is 7.13. The molecule has 0 aliphatic rings. The predicted molar refractivity (Wildman–Crippen MR) is 107 cm³/mol. The summed E-state index contributed by atoms with van der Waals surface area (Å²) in [5.41, 5.74) is 1.45. The van der Waals surface area contributed by atoms with E-state index in [9.17, 15) is 4.79 Å². The zero-order chi connectivity index (χ0) is 19.9. The summed E-state index contributed by atoms with van der Waals surface area (Å²) in [5.74, 6) is 1.16. The SMILES string of the molecule is COc1cccc(-c2nc(COC(=O)COc3ccccc3Cl)cs2)c1OC. The van der Waals surface area contributed by atoms with Gasteiger partial charge in [0.2, 0.25) is 0 Å². The molecule has 3 rings (SSSR count). The third-order valence-corrected chi connectivity index (χ3v) is 4.98. The molecule has 28 heavy (non-hydrogen) atoms. The van der Waals surface area contributed by atoms with Crippen LogP contribution in [0.2, 0.25) is 5.02 Å². The highest BCUT2D eigenvalue weighted by Crippen LogP contribution is 2.39. The predicted octanol–water partition coefficient (Wildman–Crippen LogP) is 4.60. The largest absolute Gasteiger partial charge is 0.493 e. The van der Waals surface area contributed by atoms with E-state index in [2.05, 4.69) is 4.98 Å². The first-order valence-corrected chi connectivity index (χ1v) is 9.57. The smallest absolute Gasteiger partial charge is 0.344 e. The second-order valence-electron chi connectivity index (χ2n) is 5.56. The second kappa shape index (κ2) is 9.43. The molecule has 0 atom stereocenters. The monoisotopic (exact) mass is 419 g/mol. The topological polar surface area (TPSA) is 66.9 Å². The average molecular weight is 420 g/mol. The van der Waals surface area contributed by atoms with E-state index in [0.717, 1.165) is 10.6 Å². The van der Waals surface area contributed by atoms with Crippen molar-refractivity contribution >= 4 is 28.9 Å².